The molecule has 0 spiro atoms. The molecule has 0 aromatic heterocycles. The lowest BCUT2D eigenvalue weighted by atomic mass is 10.0. The molecule has 1 unspecified atom stereocenters. The van der Waals surface area contributed by atoms with E-state index in [2.05, 4.69) is 5.32 Å². The fourth-order valence-corrected chi connectivity index (χ4v) is 1.25. The highest BCUT2D eigenvalue weighted by molar-refractivity contribution is 5.86. The molecule has 0 aliphatic heterocycles. The predicted molar refractivity (Wildman–Crippen MR) is 61.7 cm³/mol. The first kappa shape index (κ1) is 15.0. The SMILES string of the molecule is CC(N)(C(=O)NCc1cccc(C#N)c1)C(F)(F)F. The second-order valence-electron chi connectivity index (χ2n) is 4.19. The Kier molecular flexibility index (Phi) is 4.17. The summed E-state index contributed by atoms with van der Waals surface area (Å²) in [6.07, 6.45) is -4.83. The van der Waals surface area contributed by atoms with Gasteiger partial charge in [-0.3, -0.25) is 4.79 Å². The Bertz CT molecular complexity index is 518. The van der Waals surface area contributed by atoms with Crippen LogP contribution in [0.4, 0.5) is 13.2 Å². The lowest BCUT2D eigenvalue weighted by Gasteiger charge is -2.26. The molecule has 1 aromatic carbocycles. The Labute approximate surface area is 108 Å². The molecule has 19 heavy (non-hydrogen) atoms. The van der Waals surface area contributed by atoms with Crippen molar-refractivity contribution >= 4 is 5.91 Å². The summed E-state index contributed by atoms with van der Waals surface area (Å²) >= 11 is 0. The zero-order valence-corrected chi connectivity index (χ0v) is 10.1. The summed E-state index contributed by atoms with van der Waals surface area (Å²) in [5.74, 6) is -1.32. The second kappa shape index (κ2) is 5.28. The van der Waals surface area contributed by atoms with Crippen molar-refractivity contribution in [3.63, 3.8) is 0 Å². The molecule has 1 aromatic rings. The fraction of sp³-hybridized carbons (Fsp3) is 0.333. The monoisotopic (exact) mass is 271 g/mol. The molecule has 1 amide bonds. The average Bonchev–Trinajstić information content (AvgIpc) is 2.34. The van der Waals surface area contributed by atoms with Crippen LogP contribution in [0.5, 0.6) is 0 Å². The van der Waals surface area contributed by atoms with Crippen LogP contribution in [0.2, 0.25) is 0 Å². The van der Waals surface area contributed by atoms with Crippen molar-refractivity contribution in [3.05, 3.63) is 35.4 Å². The number of nitrogens with one attached hydrogen (secondary N) is 1. The van der Waals surface area contributed by atoms with Crippen LogP contribution in [0.25, 0.3) is 0 Å². The minimum Gasteiger partial charge on any atom is -0.350 e. The number of benzene rings is 1. The van der Waals surface area contributed by atoms with Crippen molar-refractivity contribution in [3.8, 4) is 6.07 Å². The number of hydrogen-bond acceptors (Lipinski definition) is 3. The van der Waals surface area contributed by atoms with Gasteiger partial charge in [-0.05, 0) is 24.6 Å². The third-order valence-corrected chi connectivity index (χ3v) is 2.57. The maximum Gasteiger partial charge on any atom is 0.415 e. The van der Waals surface area contributed by atoms with Crippen LogP contribution in [0.1, 0.15) is 18.1 Å². The molecule has 0 bridgehead atoms. The predicted octanol–water partition coefficient (Wildman–Crippen LogP) is 1.45. The van der Waals surface area contributed by atoms with Gasteiger partial charge in [0.1, 0.15) is 0 Å². The van der Waals surface area contributed by atoms with E-state index in [1.165, 1.54) is 6.07 Å². The van der Waals surface area contributed by atoms with Crippen LogP contribution in [0.3, 0.4) is 0 Å². The van der Waals surface area contributed by atoms with E-state index in [0.29, 0.717) is 18.1 Å². The van der Waals surface area contributed by atoms with Crippen molar-refractivity contribution in [2.45, 2.75) is 25.2 Å². The molecule has 0 radical (unpaired) electrons. The Hall–Kier alpha value is -2.07. The summed E-state index contributed by atoms with van der Waals surface area (Å²) in [4.78, 5) is 11.4. The van der Waals surface area contributed by atoms with Gasteiger partial charge in [-0.1, -0.05) is 12.1 Å². The molecule has 0 saturated carbocycles. The Morgan fingerprint density at radius 3 is 2.63 bits per heavy atom. The standard InChI is InChI=1S/C12H12F3N3O/c1-11(17,12(13,14)15)10(19)18-7-9-4-2-3-8(5-9)6-16/h2-5H,7,17H2,1H3,(H,18,19). The third kappa shape index (κ3) is 3.45. The number of nitriles is 1. The zero-order chi connectivity index (χ0) is 14.7. The number of hydrogen-bond donors (Lipinski definition) is 2. The highest BCUT2D eigenvalue weighted by Crippen LogP contribution is 2.27. The number of halogens is 3. The Balaban J connectivity index is 2.72. The van der Waals surface area contributed by atoms with Gasteiger partial charge in [0.2, 0.25) is 5.91 Å². The van der Waals surface area contributed by atoms with Gasteiger partial charge in [0.25, 0.3) is 0 Å². The van der Waals surface area contributed by atoms with Gasteiger partial charge >= 0.3 is 6.18 Å². The molecule has 4 nitrogen and oxygen atoms in total. The van der Waals surface area contributed by atoms with E-state index in [-0.39, 0.29) is 6.54 Å². The van der Waals surface area contributed by atoms with Crippen LogP contribution in [-0.4, -0.2) is 17.6 Å². The molecular formula is C12H12F3N3O. The zero-order valence-electron chi connectivity index (χ0n) is 10.1. The second-order valence-corrected chi connectivity index (χ2v) is 4.19. The molecule has 0 saturated heterocycles. The normalized spacial score (nSPS) is 14.3. The van der Waals surface area contributed by atoms with Gasteiger partial charge in [0.15, 0.2) is 5.54 Å². The van der Waals surface area contributed by atoms with Gasteiger partial charge in [-0.25, -0.2) is 0 Å². The quantitative estimate of drug-likeness (QED) is 0.873. The van der Waals surface area contributed by atoms with Crippen molar-refractivity contribution < 1.29 is 18.0 Å². The molecule has 0 fully saturated rings. The minimum atomic E-state index is -4.83. The number of carbonyl (C=O) groups excluding carboxylic acids is 1. The molecule has 102 valence electrons. The molecular weight excluding hydrogens is 259 g/mol. The first-order valence-electron chi connectivity index (χ1n) is 5.31. The first-order valence-corrected chi connectivity index (χ1v) is 5.31. The third-order valence-electron chi connectivity index (χ3n) is 2.57. The van der Waals surface area contributed by atoms with Crippen molar-refractivity contribution in [2.75, 3.05) is 0 Å². The number of carbonyl (C=O) groups is 1. The molecule has 1 rings (SSSR count). The van der Waals surface area contributed by atoms with Gasteiger partial charge in [0.05, 0.1) is 11.6 Å². The van der Waals surface area contributed by atoms with Crippen LogP contribution in [-0.2, 0) is 11.3 Å². The van der Waals surface area contributed by atoms with Gasteiger partial charge < -0.3 is 11.1 Å². The van der Waals surface area contributed by atoms with E-state index in [1.807, 2.05) is 6.07 Å². The molecule has 3 N–H and O–H groups in total. The molecule has 1 atom stereocenters. The first-order chi connectivity index (χ1) is 8.68. The highest BCUT2D eigenvalue weighted by atomic mass is 19.4. The van der Waals surface area contributed by atoms with Crippen LogP contribution >= 0.6 is 0 Å². The lowest BCUT2D eigenvalue weighted by molar-refractivity contribution is -0.187. The maximum absolute atomic E-state index is 12.5. The molecule has 0 aliphatic rings. The largest absolute Gasteiger partial charge is 0.415 e. The van der Waals surface area contributed by atoms with Crippen LogP contribution in [0.15, 0.2) is 24.3 Å². The fourth-order valence-electron chi connectivity index (χ4n) is 1.25. The van der Waals surface area contributed by atoms with Crippen molar-refractivity contribution in [1.82, 2.24) is 5.32 Å². The summed E-state index contributed by atoms with van der Waals surface area (Å²) in [6.45, 7) is 0.477. The van der Waals surface area contributed by atoms with Crippen LogP contribution in [0, 0.1) is 11.3 Å². The van der Waals surface area contributed by atoms with Gasteiger partial charge in [-0.2, -0.15) is 18.4 Å². The lowest BCUT2D eigenvalue weighted by Crippen LogP contribution is -2.61. The molecule has 0 heterocycles. The smallest absolute Gasteiger partial charge is 0.350 e. The highest BCUT2D eigenvalue weighted by Gasteiger charge is 2.53. The number of alkyl halides is 3. The van der Waals surface area contributed by atoms with E-state index in [4.69, 9.17) is 11.0 Å². The van der Waals surface area contributed by atoms with Gasteiger partial charge in [-0.15, -0.1) is 0 Å². The van der Waals surface area contributed by atoms with E-state index in [0.717, 1.165) is 0 Å². The summed E-state index contributed by atoms with van der Waals surface area (Å²) in [6, 6.07) is 8.08. The summed E-state index contributed by atoms with van der Waals surface area (Å²) < 4.78 is 37.5. The molecule has 0 aliphatic carbocycles. The van der Waals surface area contributed by atoms with Crippen molar-refractivity contribution in [2.24, 2.45) is 5.73 Å². The van der Waals surface area contributed by atoms with Gasteiger partial charge in [0, 0.05) is 6.54 Å². The van der Waals surface area contributed by atoms with E-state index < -0.39 is 17.6 Å². The maximum atomic E-state index is 12.5. The number of rotatable bonds is 3. The molecule has 7 heteroatoms. The van der Waals surface area contributed by atoms with E-state index in [9.17, 15) is 18.0 Å². The topological polar surface area (TPSA) is 78.9 Å². The number of nitrogens with zero attached hydrogens (tertiary/aromatic N) is 1. The Morgan fingerprint density at radius 2 is 2.11 bits per heavy atom. The van der Waals surface area contributed by atoms with E-state index in [1.54, 1.807) is 18.2 Å². The van der Waals surface area contributed by atoms with E-state index >= 15 is 0 Å². The number of amides is 1. The summed E-state index contributed by atoms with van der Waals surface area (Å²) in [5, 5.41) is 10.8. The van der Waals surface area contributed by atoms with Crippen LogP contribution < -0.4 is 11.1 Å². The Morgan fingerprint density at radius 1 is 1.47 bits per heavy atom. The summed E-state index contributed by atoms with van der Waals surface area (Å²) in [7, 11) is 0. The van der Waals surface area contributed by atoms with Crippen molar-refractivity contribution in [1.29, 1.82) is 5.26 Å². The summed E-state index contributed by atoms with van der Waals surface area (Å²) in [5.41, 5.74) is 2.90. The number of nitrogens with two attached hydrogens (primary N) is 1. The average molecular weight is 271 g/mol. The minimum absolute atomic E-state index is 0.128.